The van der Waals surface area contributed by atoms with E-state index in [0.717, 1.165) is 47.6 Å². The van der Waals surface area contributed by atoms with E-state index in [4.69, 9.17) is 9.84 Å². The van der Waals surface area contributed by atoms with Crippen molar-refractivity contribution in [3.05, 3.63) is 34.3 Å². The summed E-state index contributed by atoms with van der Waals surface area (Å²) in [6, 6.07) is 10.4. The van der Waals surface area contributed by atoms with Crippen molar-refractivity contribution in [2.45, 2.75) is 18.9 Å². The Balaban J connectivity index is 2.08. The number of nitriles is 1. The Morgan fingerprint density at radius 1 is 1.32 bits per heavy atom. The summed E-state index contributed by atoms with van der Waals surface area (Å²) in [5.41, 5.74) is 2.27. The molecule has 0 radical (unpaired) electrons. The van der Waals surface area contributed by atoms with E-state index < -0.39 is 0 Å². The monoisotopic (exact) mass is 360 g/mol. The lowest BCUT2D eigenvalue weighted by Crippen LogP contribution is -2.21. The average Bonchev–Trinajstić information content (AvgIpc) is 2.95. The maximum atomic E-state index is 9.58. The Morgan fingerprint density at radius 3 is 2.59 bits per heavy atom. The van der Waals surface area contributed by atoms with Crippen LogP contribution in [-0.2, 0) is 4.74 Å². The molecule has 1 aliphatic rings. The molecule has 114 valence electrons. The minimum absolute atomic E-state index is 0.271. The lowest BCUT2D eigenvalue weighted by atomic mass is 10.1. The van der Waals surface area contributed by atoms with E-state index in [2.05, 4.69) is 27.3 Å². The van der Waals surface area contributed by atoms with Crippen LogP contribution in [0.4, 0.5) is 5.82 Å². The summed E-state index contributed by atoms with van der Waals surface area (Å²) < 4.78 is 8.39. The van der Waals surface area contributed by atoms with Gasteiger partial charge in [0.05, 0.1) is 6.04 Å². The van der Waals surface area contributed by atoms with Gasteiger partial charge in [-0.25, -0.2) is 4.68 Å². The molecule has 2 heterocycles. The van der Waals surface area contributed by atoms with Crippen LogP contribution in [-0.4, -0.2) is 30.0 Å². The van der Waals surface area contributed by atoms with E-state index in [-0.39, 0.29) is 6.04 Å². The first-order chi connectivity index (χ1) is 10.7. The zero-order valence-electron chi connectivity index (χ0n) is 12.3. The molecule has 2 aromatic rings. The summed E-state index contributed by atoms with van der Waals surface area (Å²) in [5, 5.41) is 17.5. The third kappa shape index (κ3) is 2.74. The second-order valence-corrected chi connectivity index (χ2v) is 6.14. The number of nitrogens with zero attached hydrogens (tertiary/aromatic N) is 3. The highest BCUT2D eigenvalue weighted by Gasteiger charge is 2.24. The number of benzene rings is 1. The summed E-state index contributed by atoms with van der Waals surface area (Å²) in [5.74, 6) is 0.785. The first kappa shape index (κ1) is 15.1. The van der Waals surface area contributed by atoms with E-state index in [1.165, 1.54) is 0 Å². The van der Waals surface area contributed by atoms with Gasteiger partial charge >= 0.3 is 0 Å². The highest BCUT2D eigenvalue weighted by atomic mass is 79.9. The Bertz CT molecular complexity index is 696. The number of hydrogen-bond acceptors (Lipinski definition) is 4. The molecular formula is C16H17BrN4O. The van der Waals surface area contributed by atoms with Gasteiger partial charge in [0.1, 0.15) is 23.1 Å². The lowest BCUT2D eigenvalue weighted by molar-refractivity contribution is 0.0669. The molecule has 0 aliphatic carbocycles. The Kier molecular flexibility index (Phi) is 4.46. The molecule has 0 atom stereocenters. The molecule has 1 N–H and O–H groups in total. The van der Waals surface area contributed by atoms with Gasteiger partial charge < -0.3 is 10.1 Å². The molecule has 0 bridgehead atoms. The highest BCUT2D eigenvalue weighted by Crippen LogP contribution is 2.33. The smallest absolute Gasteiger partial charge is 0.143 e. The second kappa shape index (κ2) is 6.51. The summed E-state index contributed by atoms with van der Waals surface area (Å²) in [7, 11) is 1.83. The Hall–Kier alpha value is -1.84. The highest BCUT2D eigenvalue weighted by molar-refractivity contribution is 9.10. The third-order valence-corrected chi connectivity index (χ3v) is 4.44. The molecule has 5 nitrogen and oxygen atoms in total. The zero-order chi connectivity index (χ0) is 15.5. The maximum absolute atomic E-state index is 9.58. The number of ether oxygens (including phenoxy) is 1. The molecular weight excluding hydrogens is 344 g/mol. The van der Waals surface area contributed by atoms with Crippen molar-refractivity contribution in [2.75, 3.05) is 25.6 Å². The number of nitrogens with one attached hydrogen (secondary N) is 1. The van der Waals surface area contributed by atoms with Crippen molar-refractivity contribution in [3.63, 3.8) is 0 Å². The first-order valence-corrected chi connectivity index (χ1v) is 8.08. The molecule has 22 heavy (non-hydrogen) atoms. The van der Waals surface area contributed by atoms with Crippen LogP contribution in [0.3, 0.4) is 0 Å². The minimum atomic E-state index is 0.271. The van der Waals surface area contributed by atoms with E-state index in [1.54, 1.807) is 0 Å². The van der Waals surface area contributed by atoms with Crippen LogP contribution >= 0.6 is 15.9 Å². The van der Waals surface area contributed by atoms with Crippen LogP contribution < -0.4 is 5.32 Å². The SMILES string of the molecule is CNc1c(C#N)c(-c2ccc(Br)cc2)nn1C1CCOCC1. The number of aromatic nitrogens is 2. The van der Waals surface area contributed by atoms with Gasteiger partial charge in [-0.15, -0.1) is 0 Å². The topological polar surface area (TPSA) is 62.9 Å². The summed E-state index contributed by atoms with van der Waals surface area (Å²) >= 11 is 3.43. The van der Waals surface area contributed by atoms with Gasteiger partial charge in [0.2, 0.25) is 0 Å². The maximum Gasteiger partial charge on any atom is 0.143 e. The standard InChI is InChI=1S/C16H17BrN4O/c1-19-16-14(10-18)15(11-2-4-12(17)5-3-11)20-21(16)13-6-8-22-9-7-13/h2-5,13,19H,6-9H2,1H3. The molecule has 0 saturated carbocycles. The first-order valence-electron chi connectivity index (χ1n) is 7.28. The molecule has 1 aromatic heterocycles. The van der Waals surface area contributed by atoms with E-state index in [9.17, 15) is 5.26 Å². The molecule has 3 rings (SSSR count). The fourth-order valence-corrected chi connectivity index (χ4v) is 3.05. The number of hydrogen-bond donors (Lipinski definition) is 1. The van der Waals surface area contributed by atoms with Gasteiger partial charge in [-0.2, -0.15) is 10.4 Å². The molecule has 0 amide bonds. The largest absolute Gasteiger partial charge is 0.381 e. The van der Waals surface area contributed by atoms with E-state index in [1.807, 2.05) is 36.0 Å². The van der Waals surface area contributed by atoms with Crippen molar-refractivity contribution in [1.82, 2.24) is 9.78 Å². The quantitative estimate of drug-likeness (QED) is 0.908. The minimum Gasteiger partial charge on any atom is -0.381 e. The van der Waals surface area contributed by atoms with Gasteiger partial charge in [-0.1, -0.05) is 28.1 Å². The molecule has 0 spiro atoms. The number of anilines is 1. The zero-order valence-corrected chi connectivity index (χ0v) is 13.9. The summed E-state index contributed by atoms with van der Waals surface area (Å²) in [6.45, 7) is 1.48. The summed E-state index contributed by atoms with van der Waals surface area (Å²) in [4.78, 5) is 0. The second-order valence-electron chi connectivity index (χ2n) is 5.23. The normalized spacial score (nSPS) is 15.5. The van der Waals surface area contributed by atoms with Gasteiger partial charge in [-0.05, 0) is 25.0 Å². The van der Waals surface area contributed by atoms with Gasteiger partial charge in [0.15, 0.2) is 0 Å². The van der Waals surface area contributed by atoms with Gasteiger partial charge in [0.25, 0.3) is 0 Å². The van der Waals surface area contributed by atoms with Crippen LogP contribution in [0.25, 0.3) is 11.3 Å². The summed E-state index contributed by atoms with van der Waals surface area (Å²) in [6.07, 6.45) is 1.84. The van der Waals surface area contributed by atoms with Gasteiger partial charge in [0, 0.05) is 30.3 Å². The molecule has 1 aromatic carbocycles. The predicted octanol–water partition coefficient (Wildman–Crippen LogP) is 3.58. The Labute approximate surface area is 138 Å². The predicted molar refractivity (Wildman–Crippen MR) is 88.7 cm³/mol. The molecule has 1 aliphatic heterocycles. The van der Waals surface area contributed by atoms with Crippen molar-refractivity contribution in [1.29, 1.82) is 5.26 Å². The molecule has 1 saturated heterocycles. The van der Waals surface area contributed by atoms with Crippen molar-refractivity contribution in [3.8, 4) is 17.3 Å². The van der Waals surface area contributed by atoms with Crippen molar-refractivity contribution in [2.24, 2.45) is 0 Å². The fourth-order valence-electron chi connectivity index (χ4n) is 2.78. The van der Waals surface area contributed by atoms with Crippen LogP contribution in [0.5, 0.6) is 0 Å². The fraction of sp³-hybridized carbons (Fsp3) is 0.375. The number of rotatable bonds is 3. The molecule has 0 unspecified atom stereocenters. The van der Waals surface area contributed by atoms with Gasteiger partial charge in [-0.3, -0.25) is 0 Å². The van der Waals surface area contributed by atoms with Crippen LogP contribution in [0.15, 0.2) is 28.7 Å². The van der Waals surface area contributed by atoms with E-state index in [0.29, 0.717) is 5.56 Å². The van der Waals surface area contributed by atoms with Crippen molar-refractivity contribution < 1.29 is 4.74 Å². The van der Waals surface area contributed by atoms with E-state index >= 15 is 0 Å². The van der Waals surface area contributed by atoms with Crippen LogP contribution in [0, 0.1) is 11.3 Å². The van der Waals surface area contributed by atoms with Crippen LogP contribution in [0.1, 0.15) is 24.4 Å². The molecule has 1 fully saturated rings. The Morgan fingerprint density at radius 2 is 2.00 bits per heavy atom. The number of halogens is 1. The molecule has 6 heteroatoms. The van der Waals surface area contributed by atoms with Crippen molar-refractivity contribution >= 4 is 21.7 Å². The van der Waals surface area contributed by atoms with Crippen LogP contribution in [0.2, 0.25) is 0 Å². The average molecular weight is 361 g/mol. The lowest BCUT2D eigenvalue weighted by Gasteiger charge is -2.24. The third-order valence-electron chi connectivity index (χ3n) is 3.91.